The Kier molecular flexibility index (Phi) is 7.05. The largest absolute Gasteiger partial charge is 0.416 e. The van der Waals surface area contributed by atoms with Crippen molar-refractivity contribution in [2.75, 3.05) is 6.54 Å². The van der Waals surface area contributed by atoms with Crippen LogP contribution in [0, 0.1) is 12.3 Å². The molecular formula is C22H18ClF3N4O2. The zero-order chi connectivity index (χ0) is 23.3. The highest BCUT2D eigenvalue weighted by molar-refractivity contribution is 6.30. The van der Waals surface area contributed by atoms with E-state index in [-0.39, 0.29) is 30.9 Å². The standard InChI is InChI=1S/C22H18ClF3N4O2/c1-2-13-29-20(16-7-9-17(23)10-8-16)28-30(21(29)32)14-19(31)27-12-11-15-5-3-4-6-18(15)22(24,25)26/h1,3-10H,11-14H2,(H,27,31). The van der Waals surface area contributed by atoms with E-state index in [1.165, 1.54) is 22.8 Å². The molecule has 0 saturated carbocycles. The Hall–Kier alpha value is -3.51. The Balaban J connectivity index is 1.71. The van der Waals surface area contributed by atoms with Gasteiger partial charge < -0.3 is 5.32 Å². The van der Waals surface area contributed by atoms with Crippen molar-refractivity contribution < 1.29 is 18.0 Å². The fourth-order valence-electron chi connectivity index (χ4n) is 3.13. The third kappa shape index (κ3) is 5.39. The monoisotopic (exact) mass is 462 g/mol. The number of alkyl halides is 3. The van der Waals surface area contributed by atoms with Gasteiger partial charge in [-0.25, -0.2) is 9.48 Å². The molecule has 6 nitrogen and oxygen atoms in total. The maximum absolute atomic E-state index is 13.1. The summed E-state index contributed by atoms with van der Waals surface area (Å²) in [6.45, 7) is -0.486. The summed E-state index contributed by atoms with van der Waals surface area (Å²) in [6, 6.07) is 11.8. The predicted octanol–water partition coefficient (Wildman–Crippen LogP) is 3.38. The van der Waals surface area contributed by atoms with Crippen molar-refractivity contribution in [2.24, 2.45) is 0 Å². The second-order valence-electron chi connectivity index (χ2n) is 6.82. The van der Waals surface area contributed by atoms with Gasteiger partial charge in [-0.1, -0.05) is 35.7 Å². The van der Waals surface area contributed by atoms with Crippen LogP contribution in [0.3, 0.4) is 0 Å². The van der Waals surface area contributed by atoms with Gasteiger partial charge in [0, 0.05) is 17.1 Å². The van der Waals surface area contributed by atoms with Crippen molar-refractivity contribution in [3.05, 3.63) is 75.2 Å². The molecule has 0 saturated heterocycles. The smallest absolute Gasteiger partial charge is 0.354 e. The Bertz CT molecular complexity index is 1210. The van der Waals surface area contributed by atoms with Gasteiger partial charge in [-0.15, -0.1) is 11.5 Å². The van der Waals surface area contributed by atoms with Crippen LogP contribution in [0.5, 0.6) is 0 Å². The van der Waals surface area contributed by atoms with E-state index in [1.807, 2.05) is 0 Å². The SMILES string of the molecule is C#CCn1c(-c2ccc(Cl)cc2)nn(CC(=O)NCCc2ccccc2C(F)(F)F)c1=O. The maximum Gasteiger partial charge on any atom is 0.416 e. The zero-order valence-electron chi connectivity index (χ0n) is 16.7. The van der Waals surface area contributed by atoms with E-state index in [9.17, 15) is 22.8 Å². The summed E-state index contributed by atoms with van der Waals surface area (Å²) >= 11 is 5.89. The van der Waals surface area contributed by atoms with Gasteiger partial charge in [0.2, 0.25) is 5.91 Å². The van der Waals surface area contributed by atoms with E-state index in [0.29, 0.717) is 10.6 Å². The van der Waals surface area contributed by atoms with Crippen LogP contribution in [-0.4, -0.2) is 26.8 Å². The lowest BCUT2D eigenvalue weighted by molar-refractivity contribution is -0.138. The fraction of sp³-hybridized carbons (Fsp3) is 0.227. The number of hydrogen-bond acceptors (Lipinski definition) is 3. The van der Waals surface area contributed by atoms with Crippen molar-refractivity contribution in [3.63, 3.8) is 0 Å². The van der Waals surface area contributed by atoms with Gasteiger partial charge in [0.25, 0.3) is 0 Å². The normalized spacial score (nSPS) is 11.2. The molecule has 0 fully saturated rings. The van der Waals surface area contributed by atoms with Gasteiger partial charge in [-0.3, -0.25) is 9.36 Å². The van der Waals surface area contributed by atoms with Crippen LogP contribution in [-0.2, 0) is 30.5 Å². The molecular weight excluding hydrogens is 445 g/mol. The van der Waals surface area contributed by atoms with E-state index >= 15 is 0 Å². The van der Waals surface area contributed by atoms with Crippen LogP contribution in [0.25, 0.3) is 11.4 Å². The molecule has 1 amide bonds. The molecule has 10 heteroatoms. The topological polar surface area (TPSA) is 68.9 Å². The average molecular weight is 463 g/mol. The number of amides is 1. The van der Waals surface area contributed by atoms with Crippen molar-refractivity contribution >= 4 is 17.5 Å². The molecule has 3 rings (SSSR count). The van der Waals surface area contributed by atoms with Crippen molar-refractivity contribution in [2.45, 2.75) is 25.7 Å². The summed E-state index contributed by atoms with van der Waals surface area (Å²) in [5.74, 6) is 2.08. The first-order valence-electron chi connectivity index (χ1n) is 9.49. The number of terminal acetylenes is 1. The molecule has 1 aromatic heterocycles. The lowest BCUT2D eigenvalue weighted by Crippen LogP contribution is -2.34. The summed E-state index contributed by atoms with van der Waals surface area (Å²) in [7, 11) is 0. The molecule has 0 aliphatic heterocycles. The van der Waals surface area contributed by atoms with Crippen LogP contribution < -0.4 is 11.0 Å². The number of carbonyl (C=O) groups is 1. The molecule has 0 radical (unpaired) electrons. The van der Waals surface area contributed by atoms with Crippen LogP contribution in [0.2, 0.25) is 5.02 Å². The molecule has 0 aliphatic carbocycles. The van der Waals surface area contributed by atoms with Gasteiger partial charge in [0.05, 0.1) is 12.1 Å². The first kappa shape index (κ1) is 23.2. The fourth-order valence-corrected chi connectivity index (χ4v) is 3.26. The van der Waals surface area contributed by atoms with Crippen LogP contribution in [0.15, 0.2) is 53.3 Å². The minimum atomic E-state index is -4.48. The number of nitrogens with zero attached hydrogens (tertiary/aromatic N) is 3. The summed E-state index contributed by atoms with van der Waals surface area (Å²) in [5, 5.41) is 7.23. The molecule has 2 aromatic carbocycles. The highest BCUT2D eigenvalue weighted by atomic mass is 35.5. The first-order valence-corrected chi connectivity index (χ1v) is 9.87. The minimum absolute atomic E-state index is 0.0160. The number of rotatable bonds is 7. The van der Waals surface area contributed by atoms with Crippen molar-refractivity contribution in [1.82, 2.24) is 19.7 Å². The lowest BCUT2D eigenvalue weighted by Gasteiger charge is -2.12. The van der Waals surface area contributed by atoms with Gasteiger partial charge in [0.1, 0.15) is 6.54 Å². The molecule has 0 bridgehead atoms. The third-order valence-corrected chi connectivity index (χ3v) is 4.86. The Morgan fingerprint density at radius 3 is 2.50 bits per heavy atom. The number of carbonyl (C=O) groups excluding carboxylic acids is 1. The van der Waals surface area contributed by atoms with Crippen LogP contribution in [0.1, 0.15) is 11.1 Å². The Morgan fingerprint density at radius 2 is 1.84 bits per heavy atom. The molecule has 3 aromatic rings. The van der Waals surface area contributed by atoms with E-state index in [1.54, 1.807) is 24.3 Å². The molecule has 32 heavy (non-hydrogen) atoms. The molecule has 0 unspecified atom stereocenters. The quantitative estimate of drug-likeness (QED) is 0.547. The molecule has 0 spiro atoms. The highest BCUT2D eigenvalue weighted by Gasteiger charge is 2.32. The predicted molar refractivity (Wildman–Crippen MR) is 114 cm³/mol. The Labute approximate surface area is 186 Å². The first-order chi connectivity index (χ1) is 15.2. The van der Waals surface area contributed by atoms with Gasteiger partial charge in [-0.05, 0) is 42.3 Å². The maximum atomic E-state index is 13.1. The molecule has 1 N–H and O–H groups in total. The second kappa shape index (κ2) is 9.75. The second-order valence-corrected chi connectivity index (χ2v) is 7.25. The average Bonchev–Trinajstić information content (AvgIpc) is 3.04. The van der Waals surface area contributed by atoms with E-state index in [4.69, 9.17) is 18.0 Å². The summed E-state index contributed by atoms with van der Waals surface area (Å²) < 4.78 is 41.4. The summed E-state index contributed by atoms with van der Waals surface area (Å²) in [5.41, 5.74) is -0.665. The van der Waals surface area contributed by atoms with Crippen molar-refractivity contribution in [3.8, 4) is 23.7 Å². The number of aromatic nitrogens is 3. The van der Waals surface area contributed by atoms with E-state index in [0.717, 1.165) is 10.7 Å². The van der Waals surface area contributed by atoms with E-state index in [2.05, 4.69) is 16.3 Å². The van der Waals surface area contributed by atoms with E-state index < -0.39 is 29.9 Å². The lowest BCUT2D eigenvalue weighted by atomic mass is 10.0. The number of nitrogens with one attached hydrogen (secondary N) is 1. The number of hydrogen-bond donors (Lipinski definition) is 1. The summed E-state index contributed by atoms with van der Waals surface area (Å²) in [4.78, 5) is 24.9. The third-order valence-electron chi connectivity index (χ3n) is 4.61. The number of benzene rings is 2. The zero-order valence-corrected chi connectivity index (χ0v) is 17.5. The molecule has 1 heterocycles. The van der Waals surface area contributed by atoms with Gasteiger partial charge >= 0.3 is 11.9 Å². The highest BCUT2D eigenvalue weighted by Crippen LogP contribution is 2.31. The van der Waals surface area contributed by atoms with Crippen LogP contribution >= 0.6 is 11.6 Å². The van der Waals surface area contributed by atoms with Crippen LogP contribution in [0.4, 0.5) is 13.2 Å². The van der Waals surface area contributed by atoms with Gasteiger partial charge in [0.15, 0.2) is 5.82 Å². The van der Waals surface area contributed by atoms with Crippen molar-refractivity contribution in [1.29, 1.82) is 0 Å². The number of halogens is 4. The van der Waals surface area contributed by atoms with Gasteiger partial charge in [-0.2, -0.15) is 13.2 Å². The Morgan fingerprint density at radius 1 is 1.16 bits per heavy atom. The molecule has 166 valence electrons. The minimum Gasteiger partial charge on any atom is -0.354 e. The molecule has 0 aliphatic rings. The summed E-state index contributed by atoms with van der Waals surface area (Å²) in [6.07, 6.45) is 0.855. The molecule has 0 atom stereocenters.